The number of amides is 1. The Morgan fingerprint density at radius 1 is 1.14 bits per heavy atom. The van der Waals surface area contributed by atoms with Crippen LogP contribution in [0.4, 0.5) is 4.39 Å². The quantitative estimate of drug-likeness (QED) is 0.401. The second kappa shape index (κ2) is 10.7. The van der Waals surface area contributed by atoms with Crippen LogP contribution in [0.5, 0.6) is 11.6 Å². The number of hydrogen-bond acceptors (Lipinski definition) is 7. The number of benzene rings is 2. The van der Waals surface area contributed by atoms with Crippen LogP contribution in [-0.4, -0.2) is 62.9 Å². The van der Waals surface area contributed by atoms with Crippen molar-refractivity contribution in [2.24, 2.45) is 5.73 Å². The number of nitrogens with zero attached hydrogens (tertiary/aromatic N) is 5. The molecular formula is C27H26FN7O2. The van der Waals surface area contributed by atoms with Crippen LogP contribution in [0.2, 0.25) is 0 Å². The van der Waals surface area contributed by atoms with Crippen LogP contribution in [-0.2, 0) is 17.8 Å². The number of H-pyrrole nitrogens is 1. The average molecular weight is 500 g/mol. The van der Waals surface area contributed by atoms with Crippen molar-refractivity contribution in [1.29, 1.82) is 5.26 Å². The van der Waals surface area contributed by atoms with E-state index in [1.165, 1.54) is 30.2 Å². The first-order valence-electron chi connectivity index (χ1n) is 12.0. The largest absolute Gasteiger partial charge is 0.435 e. The Hall–Kier alpha value is -4.33. The van der Waals surface area contributed by atoms with E-state index in [0.29, 0.717) is 35.2 Å². The normalized spacial score (nSPS) is 14.9. The third-order valence-electron chi connectivity index (χ3n) is 6.46. The molecule has 188 valence electrons. The molecule has 1 atom stereocenters. The van der Waals surface area contributed by atoms with Crippen LogP contribution >= 0.6 is 0 Å². The lowest BCUT2D eigenvalue weighted by Crippen LogP contribution is -2.53. The van der Waals surface area contributed by atoms with Crippen molar-refractivity contribution < 1.29 is 13.9 Å². The fourth-order valence-electron chi connectivity index (χ4n) is 4.50. The first kappa shape index (κ1) is 24.4. The van der Waals surface area contributed by atoms with Gasteiger partial charge in [-0.05, 0) is 29.7 Å². The Bertz CT molecular complexity index is 1440. The summed E-state index contributed by atoms with van der Waals surface area (Å²) < 4.78 is 20.6. The maximum Gasteiger partial charge on any atom is 0.239 e. The van der Waals surface area contributed by atoms with E-state index >= 15 is 0 Å². The summed E-state index contributed by atoms with van der Waals surface area (Å²) in [5.41, 5.74) is 8.77. The SMILES string of the molecule is N#Cc1c[nH]c2ncnc(Oc3ccc(CC(N)C(=O)N4CCN(Cc5ccccc5)CC4)cc3F)c12. The van der Waals surface area contributed by atoms with E-state index in [-0.39, 0.29) is 24.0 Å². The number of nitriles is 1. The predicted octanol–water partition coefficient (Wildman–Crippen LogP) is 2.98. The maximum atomic E-state index is 14.9. The molecule has 9 nitrogen and oxygen atoms in total. The summed E-state index contributed by atoms with van der Waals surface area (Å²) in [6, 6.07) is 16.0. The van der Waals surface area contributed by atoms with E-state index in [0.717, 1.165) is 19.6 Å². The number of halogens is 1. The highest BCUT2D eigenvalue weighted by molar-refractivity contribution is 5.87. The van der Waals surface area contributed by atoms with Gasteiger partial charge in [0.25, 0.3) is 0 Å². The number of hydrogen-bond donors (Lipinski definition) is 2. The minimum absolute atomic E-state index is 0.0525. The van der Waals surface area contributed by atoms with E-state index in [1.54, 1.807) is 11.0 Å². The first-order chi connectivity index (χ1) is 18.0. The lowest BCUT2D eigenvalue weighted by atomic mass is 10.0. The number of nitrogens with one attached hydrogen (secondary N) is 1. The van der Waals surface area contributed by atoms with Gasteiger partial charge in [0, 0.05) is 38.9 Å². The number of rotatable bonds is 7. The third kappa shape index (κ3) is 5.43. The monoisotopic (exact) mass is 499 g/mol. The van der Waals surface area contributed by atoms with Crippen molar-refractivity contribution in [3.63, 3.8) is 0 Å². The zero-order valence-corrected chi connectivity index (χ0v) is 20.1. The lowest BCUT2D eigenvalue weighted by Gasteiger charge is -2.36. The molecule has 1 fully saturated rings. The van der Waals surface area contributed by atoms with Crippen molar-refractivity contribution in [2.45, 2.75) is 19.0 Å². The topological polar surface area (TPSA) is 124 Å². The van der Waals surface area contributed by atoms with Crippen molar-refractivity contribution >= 4 is 16.9 Å². The Labute approximate surface area is 213 Å². The fraction of sp³-hybridized carbons (Fsp3) is 0.259. The van der Waals surface area contributed by atoms with E-state index in [4.69, 9.17) is 10.5 Å². The third-order valence-corrected chi connectivity index (χ3v) is 6.46. The molecule has 1 saturated heterocycles. The first-order valence-corrected chi connectivity index (χ1v) is 12.0. The summed E-state index contributed by atoms with van der Waals surface area (Å²) in [5, 5.41) is 9.68. The Kier molecular flexibility index (Phi) is 7.07. The zero-order chi connectivity index (χ0) is 25.8. The van der Waals surface area contributed by atoms with Gasteiger partial charge in [0.1, 0.15) is 18.0 Å². The standard InChI is InChI=1S/C27H26FN7O2/c28-21-12-19(6-7-23(21)37-26-24-20(14-29)15-31-25(24)32-17-33-26)13-22(30)27(36)35-10-8-34(9-11-35)16-18-4-2-1-3-5-18/h1-7,12,15,17,22H,8-11,13,16,30H2,(H,31,32,33). The van der Waals surface area contributed by atoms with Crippen molar-refractivity contribution in [3.05, 3.63) is 83.6 Å². The number of carbonyl (C=O) groups excluding carboxylic acids is 1. The van der Waals surface area contributed by atoms with Gasteiger partial charge in [-0.25, -0.2) is 14.4 Å². The lowest BCUT2D eigenvalue weighted by molar-refractivity contribution is -0.134. The molecule has 37 heavy (non-hydrogen) atoms. The molecule has 5 rings (SSSR count). The molecule has 1 aliphatic heterocycles. The number of piperazine rings is 1. The highest BCUT2D eigenvalue weighted by Crippen LogP contribution is 2.30. The fourth-order valence-corrected chi connectivity index (χ4v) is 4.50. The van der Waals surface area contributed by atoms with Gasteiger partial charge in [0.2, 0.25) is 11.8 Å². The summed E-state index contributed by atoms with van der Waals surface area (Å²) in [7, 11) is 0. The molecule has 2 aromatic carbocycles. The number of carbonyl (C=O) groups is 1. The van der Waals surface area contributed by atoms with Gasteiger partial charge < -0.3 is 20.4 Å². The average Bonchev–Trinajstić information content (AvgIpc) is 3.35. The van der Waals surface area contributed by atoms with E-state index in [1.807, 2.05) is 24.3 Å². The van der Waals surface area contributed by atoms with Crippen LogP contribution in [0.15, 0.2) is 61.1 Å². The molecule has 1 amide bonds. The molecule has 4 aromatic rings. The van der Waals surface area contributed by atoms with E-state index in [2.05, 4.69) is 32.0 Å². The number of fused-ring (bicyclic) bond motifs is 1. The van der Waals surface area contributed by atoms with Gasteiger partial charge >= 0.3 is 0 Å². The number of nitrogens with two attached hydrogens (primary N) is 1. The minimum atomic E-state index is -0.772. The second-order valence-electron chi connectivity index (χ2n) is 8.98. The molecule has 0 saturated carbocycles. The Morgan fingerprint density at radius 3 is 2.65 bits per heavy atom. The summed E-state index contributed by atoms with van der Waals surface area (Å²) in [6.07, 6.45) is 2.97. The molecule has 0 bridgehead atoms. The number of aromatic nitrogens is 3. The summed E-state index contributed by atoms with van der Waals surface area (Å²) in [4.78, 5) is 28.0. The van der Waals surface area contributed by atoms with Gasteiger partial charge in [-0.2, -0.15) is 5.26 Å². The molecular weight excluding hydrogens is 473 g/mol. The van der Waals surface area contributed by atoms with Gasteiger partial charge in [-0.3, -0.25) is 9.69 Å². The van der Waals surface area contributed by atoms with Crippen molar-refractivity contribution in [3.8, 4) is 17.7 Å². The van der Waals surface area contributed by atoms with Gasteiger partial charge in [-0.1, -0.05) is 36.4 Å². The highest BCUT2D eigenvalue weighted by atomic mass is 19.1. The smallest absolute Gasteiger partial charge is 0.239 e. The van der Waals surface area contributed by atoms with E-state index in [9.17, 15) is 14.4 Å². The number of ether oxygens (including phenoxy) is 1. The van der Waals surface area contributed by atoms with Crippen LogP contribution in [0.1, 0.15) is 16.7 Å². The Balaban J connectivity index is 1.19. The van der Waals surface area contributed by atoms with Gasteiger partial charge in [-0.15, -0.1) is 0 Å². The maximum absolute atomic E-state index is 14.9. The summed E-state index contributed by atoms with van der Waals surface area (Å²) >= 11 is 0. The minimum Gasteiger partial charge on any atom is -0.435 e. The molecule has 0 spiro atoms. The van der Waals surface area contributed by atoms with Crippen LogP contribution in [0, 0.1) is 17.1 Å². The molecule has 10 heteroatoms. The second-order valence-corrected chi connectivity index (χ2v) is 8.98. The van der Waals surface area contributed by atoms with Crippen LogP contribution in [0.25, 0.3) is 11.0 Å². The molecule has 3 N–H and O–H groups in total. The highest BCUT2D eigenvalue weighted by Gasteiger charge is 2.26. The van der Waals surface area contributed by atoms with Crippen LogP contribution in [0.3, 0.4) is 0 Å². The predicted molar refractivity (Wildman–Crippen MR) is 135 cm³/mol. The molecule has 1 unspecified atom stereocenters. The van der Waals surface area contributed by atoms with Gasteiger partial charge in [0.15, 0.2) is 11.6 Å². The molecule has 0 aliphatic carbocycles. The molecule has 1 aliphatic rings. The summed E-state index contributed by atoms with van der Waals surface area (Å²) in [6.45, 7) is 3.62. The van der Waals surface area contributed by atoms with E-state index < -0.39 is 11.9 Å². The summed E-state index contributed by atoms with van der Waals surface area (Å²) in [5.74, 6) is -0.733. The van der Waals surface area contributed by atoms with Crippen LogP contribution < -0.4 is 10.5 Å². The number of aromatic amines is 1. The zero-order valence-electron chi connectivity index (χ0n) is 20.1. The van der Waals surface area contributed by atoms with Crippen molar-refractivity contribution in [2.75, 3.05) is 26.2 Å². The Morgan fingerprint density at radius 2 is 1.92 bits per heavy atom. The molecule has 3 heterocycles. The van der Waals surface area contributed by atoms with Gasteiger partial charge in [0.05, 0.1) is 17.0 Å². The molecule has 2 aromatic heterocycles. The van der Waals surface area contributed by atoms with Crippen molar-refractivity contribution in [1.82, 2.24) is 24.8 Å². The molecule has 0 radical (unpaired) electrons.